The molecule has 0 aliphatic heterocycles. The maximum Gasteiger partial charge on any atom is 0.433 e. The monoisotopic (exact) mass is 442 g/mol. The largest absolute Gasteiger partial charge is 0.433 e. The first-order chi connectivity index (χ1) is 11.9. The molecule has 0 saturated carbocycles. The third-order valence-corrected chi connectivity index (χ3v) is 3.67. The van der Waals surface area contributed by atoms with E-state index < -0.39 is 23.6 Å². The predicted molar refractivity (Wildman–Crippen MR) is 88.2 cm³/mol. The first-order valence-electron chi connectivity index (χ1n) is 7.23. The number of halogens is 7. The van der Waals surface area contributed by atoms with Crippen LogP contribution in [0.2, 0.25) is 0 Å². The third kappa shape index (κ3) is 5.23. The molecule has 1 aromatic carbocycles. The maximum atomic E-state index is 13.0. The molecule has 0 fully saturated rings. The summed E-state index contributed by atoms with van der Waals surface area (Å²) in [5, 5.41) is 5.10. The van der Waals surface area contributed by atoms with Crippen molar-refractivity contribution in [3.05, 3.63) is 40.0 Å². The van der Waals surface area contributed by atoms with Gasteiger partial charge in [-0.05, 0) is 32.0 Å². The molecule has 26 heavy (non-hydrogen) atoms. The van der Waals surface area contributed by atoms with E-state index in [1.165, 1.54) is 6.07 Å². The van der Waals surface area contributed by atoms with Crippen LogP contribution in [0, 0.1) is 0 Å². The topological polar surface area (TPSA) is 49.8 Å². The first-order valence-corrected chi connectivity index (χ1v) is 8.02. The summed E-state index contributed by atoms with van der Waals surface area (Å²) in [6.45, 7) is 3.36. The van der Waals surface area contributed by atoms with E-state index in [4.69, 9.17) is 0 Å². The predicted octanol–water partition coefficient (Wildman–Crippen LogP) is 5.84. The number of hydrogen-bond acceptors (Lipinski definition) is 4. The molecule has 11 heteroatoms. The molecule has 0 saturated heterocycles. The summed E-state index contributed by atoms with van der Waals surface area (Å²) in [6, 6.07) is 3.58. The van der Waals surface area contributed by atoms with Gasteiger partial charge in [0, 0.05) is 22.3 Å². The second-order valence-electron chi connectivity index (χ2n) is 5.58. The van der Waals surface area contributed by atoms with Crippen LogP contribution in [0.5, 0.6) is 0 Å². The second-order valence-corrected chi connectivity index (χ2v) is 6.43. The fourth-order valence-electron chi connectivity index (χ4n) is 1.95. The normalized spacial score (nSPS) is 12.4. The van der Waals surface area contributed by atoms with Crippen molar-refractivity contribution in [3.8, 4) is 0 Å². The summed E-state index contributed by atoms with van der Waals surface area (Å²) < 4.78 is 77.7. The van der Waals surface area contributed by atoms with Crippen molar-refractivity contribution in [1.82, 2.24) is 9.97 Å². The summed E-state index contributed by atoms with van der Waals surface area (Å²) in [4.78, 5) is 7.25. The lowest BCUT2D eigenvalue weighted by Gasteiger charge is -2.15. The molecule has 0 spiro atoms. The molecular formula is C15H13BrF6N4. The molecule has 142 valence electrons. The Balaban J connectivity index is 2.42. The zero-order chi connectivity index (χ0) is 19.7. The standard InChI is InChI=1S/C15H13BrF6N4/c1-7(2)23-13-25-11(15(20,21)22)6-12(26-13)24-8-3-4-10(16)9(5-8)14(17,18)19/h3-7H,1-2H3,(H2,23,24,25,26). The highest BCUT2D eigenvalue weighted by molar-refractivity contribution is 9.10. The van der Waals surface area contributed by atoms with E-state index in [0.29, 0.717) is 6.07 Å². The number of rotatable bonds is 4. The zero-order valence-electron chi connectivity index (χ0n) is 13.4. The number of nitrogens with one attached hydrogen (secondary N) is 2. The summed E-state index contributed by atoms with van der Waals surface area (Å²) in [5.41, 5.74) is -2.25. The van der Waals surface area contributed by atoms with E-state index in [0.717, 1.165) is 12.1 Å². The van der Waals surface area contributed by atoms with Gasteiger partial charge in [-0.3, -0.25) is 0 Å². The van der Waals surface area contributed by atoms with E-state index in [-0.39, 0.29) is 28.0 Å². The molecule has 0 amide bonds. The van der Waals surface area contributed by atoms with Crippen LogP contribution in [0.15, 0.2) is 28.7 Å². The van der Waals surface area contributed by atoms with E-state index in [9.17, 15) is 26.3 Å². The van der Waals surface area contributed by atoms with Crippen LogP contribution in [0.25, 0.3) is 0 Å². The average Bonchev–Trinajstić information content (AvgIpc) is 2.46. The lowest BCUT2D eigenvalue weighted by molar-refractivity contribution is -0.141. The quantitative estimate of drug-likeness (QED) is 0.583. The van der Waals surface area contributed by atoms with Crippen molar-refractivity contribution in [2.45, 2.75) is 32.2 Å². The van der Waals surface area contributed by atoms with Crippen LogP contribution in [-0.2, 0) is 12.4 Å². The minimum Gasteiger partial charge on any atom is -0.352 e. The van der Waals surface area contributed by atoms with E-state index in [1.807, 2.05) is 0 Å². The fourth-order valence-corrected chi connectivity index (χ4v) is 2.42. The van der Waals surface area contributed by atoms with Gasteiger partial charge in [-0.1, -0.05) is 15.9 Å². The van der Waals surface area contributed by atoms with Gasteiger partial charge in [-0.25, -0.2) is 4.98 Å². The van der Waals surface area contributed by atoms with E-state index >= 15 is 0 Å². The van der Waals surface area contributed by atoms with Gasteiger partial charge in [0.05, 0.1) is 5.56 Å². The summed E-state index contributed by atoms with van der Waals surface area (Å²) in [5.74, 6) is -0.573. The van der Waals surface area contributed by atoms with Crippen molar-refractivity contribution >= 4 is 33.4 Å². The van der Waals surface area contributed by atoms with E-state index in [2.05, 4.69) is 36.5 Å². The molecular weight excluding hydrogens is 430 g/mol. The van der Waals surface area contributed by atoms with Crippen LogP contribution in [0.4, 0.5) is 43.8 Å². The Hall–Kier alpha value is -2.04. The highest BCUT2D eigenvalue weighted by Gasteiger charge is 2.35. The number of benzene rings is 1. The summed E-state index contributed by atoms with van der Waals surface area (Å²) >= 11 is 2.80. The number of nitrogens with zero attached hydrogens (tertiary/aromatic N) is 2. The minimum atomic E-state index is -4.73. The lowest BCUT2D eigenvalue weighted by Crippen LogP contribution is -2.17. The Morgan fingerprint density at radius 1 is 0.962 bits per heavy atom. The molecule has 0 aliphatic carbocycles. The van der Waals surface area contributed by atoms with Crippen LogP contribution < -0.4 is 10.6 Å². The van der Waals surface area contributed by atoms with Gasteiger partial charge in [0.2, 0.25) is 5.95 Å². The smallest absolute Gasteiger partial charge is 0.352 e. The van der Waals surface area contributed by atoms with Gasteiger partial charge in [0.15, 0.2) is 5.69 Å². The van der Waals surface area contributed by atoms with Crippen LogP contribution in [0.1, 0.15) is 25.1 Å². The van der Waals surface area contributed by atoms with Crippen molar-refractivity contribution < 1.29 is 26.3 Å². The van der Waals surface area contributed by atoms with E-state index in [1.54, 1.807) is 13.8 Å². The molecule has 2 rings (SSSR count). The molecule has 2 aromatic rings. The van der Waals surface area contributed by atoms with Crippen LogP contribution >= 0.6 is 15.9 Å². The van der Waals surface area contributed by atoms with Crippen molar-refractivity contribution in [2.75, 3.05) is 10.6 Å². The van der Waals surface area contributed by atoms with Crippen LogP contribution in [0.3, 0.4) is 0 Å². The molecule has 1 heterocycles. The molecule has 0 aliphatic rings. The Labute approximate surface area is 153 Å². The van der Waals surface area contributed by atoms with Crippen LogP contribution in [-0.4, -0.2) is 16.0 Å². The van der Waals surface area contributed by atoms with Gasteiger partial charge in [-0.15, -0.1) is 0 Å². The Morgan fingerprint density at radius 2 is 1.62 bits per heavy atom. The second kappa shape index (κ2) is 7.29. The molecule has 4 nitrogen and oxygen atoms in total. The number of anilines is 3. The molecule has 0 unspecified atom stereocenters. The van der Waals surface area contributed by atoms with Gasteiger partial charge >= 0.3 is 12.4 Å². The highest BCUT2D eigenvalue weighted by atomic mass is 79.9. The van der Waals surface area contributed by atoms with Gasteiger partial charge in [0.25, 0.3) is 0 Å². The maximum absolute atomic E-state index is 13.0. The average molecular weight is 443 g/mol. The summed E-state index contributed by atoms with van der Waals surface area (Å²) in [6.07, 6.45) is -9.35. The fraction of sp³-hybridized carbons (Fsp3) is 0.333. The van der Waals surface area contributed by atoms with Gasteiger partial charge in [-0.2, -0.15) is 31.3 Å². The Bertz CT molecular complexity index is 789. The minimum absolute atomic E-state index is 0.0668. The molecule has 0 bridgehead atoms. The number of aromatic nitrogens is 2. The van der Waals surface area contributed by atoms with Crippen molar-refractivity contribution in [2.24, 2.45) is 0 Å². The van der Waals surface area contributed by atoms with Gasteiger partial charge < -0.3 is 10.6 Å². The SMILES string of the molecule is CC(C)Nc1nc(Nc2ccc(Br)c(C(F)(F)F)c2)cc(C(F)(F)F)n1. The lowest BCUT2D eigenvalue weighted by atomic mass is 10.2. The number of hydrogen-bond donors (Lipinski definition) is 2. The molecule has 0 atom stereocenters. The van der Waals surface area contributed by atoms with Gasteiger partial charge in [0.1, 0.15) is 5.82 Å². The molecule has 0 radical (unpaired) electrons. The first kappa shape index (κ1) is 20.3. The van der Waals surface area contributed by atoms with Crippen molar-refractivity contribution in [1.29, 1.82) is 0 Å². The Kier molecular flexibility index (Phi) is 5.69. The third-order valence-electron chi connectivity index (χ3n) is 2.98. The molecule has 2 N–H and O–H groups in total. The van der Waals surface area contributed by atoms with Crippen molar-refractivity contribution in [3.63, 3.8) is 0 Å². The summed E-state index contributed by atoms with van der Waals surface area (Å²) in [7, 11) is 0. The molecule has 1 aromatic heterocycles. The highest BCUT2D eigenvalue weighted by Crippen LogP contribution is 2.37. The number of alkyl halides is 6. The Morgan fingerprint density at radius 3 is 2.15 bits per heavy atom. The zero-order valence-corrected chi connectivity index (χ0v) is 15.0.